The summed E-state index contributed by atoms with van der Waals surface area (Å²) >= 11 is 0. The molecular weight excluding hydrogens is 181 g/mol. The molecule has 2 N–H and O–H groups in total. The topological polar surface area (TPSA) is 36.0 Å². The first kappa shape index (κ1) is 8.00. The number of nitrogens with one attached hydrogen (secondary N) is 1. The maximum absolute atomic E-state index is 13.4. The van der Waals surface area contributed by atoms with Crippen LogP contribution in [-0.2, 0) is 6.42 Å². The number of aromatic nitrogens is 1. The summed E-state index contributed by atoms with van der Waals surface area (Å²) in [7, 11) is 0. The Morgan fingerprint density at radius 1 is 1.43 bits per heavy atom. The minimum atomic E-state index is -0.430. The van der Waals surface area contributed by atoms with E-state index < -0.39 is 6.10 Å². The van der Waals surface area contributed by atoms with Crippen LogP contribution >= 0.6 is 0 Å². The Hall–Kier alpha value is -1.35. The zero-order chi connectivity index (χ0) is 9.71. The van der Waals surface area contributed by atoms with E-state index in [4.69, 9.17) is 0 Å². The number of H-pyrrole nitrogens is 1. The van der Waals surface area contributed by atoms with E-state index in [9.17, 15) is 9.50 Å². The van der Waals surface area contributed by atoms with E-state index in [0.717, 1.165) is 29.5 Å². The van der Waals surface area contributed by atoms with Crippen molar-refractivity contribution in [1.82, 2.24) is 4.98 Å². The van der Waals surface area contributed by atoms with E-state index in [1.807, 2.05) is 6.07 Å². The third-order valence-corrected chi connectivity index (χ3v) is 2.91. The first-order valence-corrected chi connectivity index (χ1v) is 4.74. The number of aliphatic hydroxyl groups excluding tert-OH is 1. The van der Waals surface area contributed by atoms with E-state index >= 15 is 0 Å². The number of aromatic amines is 1. The average Bonchev–Trinajstić information content (AvgIpc) is 2.68. The molecule has 0 saturated heterocycles. The van der Waals surface area contributed by atoms with Crippen LogP contribution in [0.5, 0.6) is 0 Å². The van der Waals surface area contributed by atoms with Crippen molar-refractivity contribution in [3.05, 3.63) is 35.3 Å². The Balaban J connectivity index is 2.41. The number of hydrogen-bond acceptors (Lipinski definition) is 1. The van der Waals surface area contributed by atoms with Gasteiger partial charge in [-0.05, 0) is 18.9 Å². The fourth-order valence-corrected chi connectivity index (χ4v) is 2.26. The van der Waals surface area contributed by atoms with Crippen LogP contribution in [0.3, 0.4) is 0 Å². The molecule has 0 saturated carbocycles. The Labute approximate surface area is 80.4 Å². The third-order valence-electron chi connectivity index (χ3n) is 2.91. The predicted molar refractivity (Wildman–Crippen MR) is 51.5 cm³/mol. The predicted octanol–water partition coefficient (Wildman–Crippen LogP) is 2.29. The number of aliphatic hydroxyl groups is 1. The van der Waals surface area contributed by atoms with Crippen molar-refractivity contribution in [2.45, 2.75) is 18.9 Å². The Morgan fingerprint density at radius 3 is 3.14 bits per heavy atom. The number of aryl methyl sites for hydroxylation is 1. The van der Waals surface area contributed by atoms with Gasteiger partial charge >= 0.3 is 0 Å². The zero-order valence-electron chi connectivity index (χ0n) is 7.55. The summed E-state index contributed by atoms with van der Waals surface area (Å²) < 4.78 is 13.4. The van der Waals surface area contributed by atoms with Crippen LogP contribution in [0.2, 0.25) is 0 Å². The fourth-order valence-electron chi connectivity index (χ4n) is 2.26. The van der Waals surface area contributed by atoms with Gasteiger partial charge in [0.15, 0.2) is 0 Å². The molecule has 1 aromatic carbocycles. The summed E-state index contributed by atoms with van der Waals surface area (Å²) in [6.07, 6.45) is 1.12. The van der Waals surface area contributed by atoms with Gasteiger partial charge in [-0.3, -0.25) is 0 Å². The number of benzene rings is 1. The van der Waals surface area contributed by atoms with Crippen LogP contribution in [0.25, 0.3) is 10.9 Å². The van der Waals surface area contributed by atoms with E-state index in [0.29, 0.717) is 5.52 Å². The van der Waals surface area contributed by atoms with E-state index in [-0.39, 0.29) is 5.82 Å². The second kappa shape index (κ2) is 2.58. The Bertz CT molecular complexity index is 503. The van der Waals surface area contributed by atoms with Crippen molar-refractivity contribution >= 4 is 10.9 Å². The molecule has 0 aliphatic heterocycles. The van der Waals surface area contributed by atoms with Crippen LogP contribution in [0.15, 0.2) is 18.2 Å². The molecule has 0 radical (unpaired) electrons. The van der Waals surface area contributed by atoms with Gasteiger partial charge in [-0.15, -0.1) is 0 Å². The van der Waals surface area contributed by atoms with Gasteiger partial charge in [0.2, 0.25) is 0 Å². The molecule has 3 heteroatoms. The second-order valence-corrected chi connectivity index (χ2v) is 3.73. The maximum atomic E-state index is 13.4. The van der Waals surface area contributed by atoms with Crippen molar-refractivity contribution < 1.29 is 9.50 Å². The smallest absolute Gasteiger partial charge is 0.147 e. The van der Waals surface area contributed by atoms with Crippen molar-refractivity contribution in [3.8, 4) is 0 Å². The maximum Gasteiger partial charge on any atom is 0.147 e. The summed E-state index contributed by atoms with van der Waals surface area (Å²) in [5, 5.41) is 10.5. The molecule has 1 heterocycles. The van der Waals surface area contributed by atoms with Crippen LogP contribution in [-0.4, -0.2) is 10.1 Å². The highest BCUT2D eigenvalue weighted by Crippen LogP contribution is 2.37. The molecule has 1 unspecified atom stereocenters. The SMILES string of the molecule is OC1CCc2[nH]c3c(F)cccc3c21. The highest BCUT2D eigenvalue weighted by molar-refractivity contribution is 5.86. The lowest BCUT2D eigenvalue weighted by Crippen LogP contribution is -1.89. The second-order valence-electron chi connectivity index (χ2n) is 3.73. The molecule has 14 heavy (non-hydrogen) atoms. The minimum Gasteiger partial charge on any atom is -0.388 e. The molecule has 1 aliphatic rings. The molecule has 1 aromatic heterocycles. The highest BCUT2D eigenvalue weighted by atomic mass is 19.1. The van der Waals surface area contributed by atoms with E-state index in [1.165, 1.54) is 6.07 Å². The zero-order valence-corrected chi connectivity index (χ0v) is 7.55. The van der Waals surface area contributed by atoms with Crippen LogP contribution in [0.1, 0.15) is 23.8 Å². The standard InChI is InChI=1S/C11H10FNO/c12-7-3-1-2-6-10-8(13-11(6)7)4-5-9(10)14/h1-3,9,13-14H,4-5H2. The molecule has 1 aliphatic carbocycles. The summed E-state index contributed by atoms with van der Waals surface area (Å²) in [5.41, 5.74) is 2.40. The fraction of sp³-hybridized carbons (Fsp3) is 0.273. The summed E-state index contributed by atoms with van der Waals surface area (Å²) in [6, 6.07) is 4.96. The molecule has 0 spiro atoms. The quantitative estimate of drug-likeness (QED) is 0.658. The largest absolute Gasteiger partial charge is 0.388 e. The van der Waals surface area contributed by atoms with Gasteiger partial charge < -0.3 is 10.1 Å². The molecule has 2 aromatic rings. The molecular formula is C11H10FNO. The van der Waals surface area contributed by atoms with Gasteiger partial charge in [0.05, 0.1) is 11.6 Å². The van der Waals surface area contributed by atoms with Gasteiger partial charge in [0.25, 0.3) is 0 Å². The van der Waals surface area contributed by atoms with Crippen molar-refractivity contribution in [1.29, 1.82) is 0 Å². The average molecular weight is 191 g/mol. The third kappa shape index (κ3) is 0.876. The van der Waals surface area contributed by atoms with Crippen LogP contribution in [0.4, 0.5) is 4.39 Å². The van der Waals surface area contributed by atoms with Crippen LogP contribution in [0, 0.1) is 5.82 Å². The van der Waals surface area contributed by atoms with Crippen molar-refractivity contribution in [2.24, 2.45) is 0 Å². The number of hydrogen-bond donors (Lipinski definition) is 2. The minimum absolute atomic E-state index is 0.246. The molecule has 1 atom stereocenters. The summed E-state index contributed by atoms with van der Waals surface area (Å²) in [6.45, 7) is 0. The Kier molecular flexibility index (Phi) is 1.47. The van der Waals surface area contributed by atoms with Crippen molar-refractivity contribution in [3.63, 3.8) is 0 Å². The molecule has 3 rings (SSSR count). The summed E-state index contributed by atoms with van der Waals surface area (Å²) in [5.74, 6) is -0.246. The Morgan fingerprint density at radius 2 is 2.29 bits per heavy atom. The molecule has 0 bridgehead atoms. The molecule has 72 valence electrons. The number of para-hydroxylation sites is 1. The molecule has 0 fully saturated rings. The summed E-state index contributed by atoms with van der Waals surface area (Å²) in [4.78, 5) is 3.04. The van der Waals surface area contributed by atoms with Gasteiger partial charge in [0, 0.05) is 16.6 Å². The van der Waals surface area contributed by atoms with Gasteiger partial charge in [-0.25, -0.2) is 4.39 Å². The van der Waals surface area contributed by atoms with E-state index in [2.05, 4.69) is 4.98 Å². The van der Waals surface area contributed by atoms with E-state index in [1.54, 1.807) is 6.07 Å². The monoisotopic (exact) mass is 191 g/mol. The number of fused-ring (bicyclic) bond motifs is 3. The highest BCUT2D eigenvalue weighted by Gasteiger charge is 2.25. The lowest BCUT2D eigenvalue weighted by molar-refractivity contribution is 0.181. The lowest BCUT2D eigenvalue weighted by Gasteiger charge is -2.01. The first-order chi connectivity index (χ1) is 6.77. The first-order valence-electron chi connectivity index (χ1n) is 4.74. The molecule has 0 amide bonds. The van der Waals surface area contributed by atoms with Gasteiger partial charge in [0.1, 0.15) is 5.82 Å². The number of rotatable bonds is 0. The number of halogens is 1. The van der Waals surface area contributed by atoms with Gasteiger partial charge in [-0.1, -0.05) is 12.1 Å². The normalized spacial score (nSPS) is 20.3. The molecule has 2 nitrogen and oxygen atoms in total. The lowest BCUT2D eigenvalue weighted by atomic mass is 10.1. The van der Waals surface area contributed by atoms with Gasteiger partial charge in [-0.2, -0.15) is 0 Å². The van der Waals surface area contributed by atoms with Crippen molar-refractivity contribution in [2.75, 3.05) is 0 Å². The van der Waals surface area contributed by atoms with Crippen LogP contribution < -0.4 is 0 Å².